The van der Waals surface area contributed by atoms with Gasteiger partial charge in [0.25, 0.3) is 0 Å². The number of hydrogen-bond donors (Lipinski definition) is 1. The van der Waals surface area contributed by atoms with E-state index in [0.29, 0.717) is 19.1 Å². The molecule has 1 atom stereocenters. The Balaban J connectivity index is 2.10. The Morgan fingerprint density at radius 2 is 2.14 bits per heavy atom. The second-order valence-corrected chi connectivity index (χ2v) is 6.29. The molecule has 0 radical (unpaired) electrons. The molecule has 0 saturated heterocycles. The van der Waals surface area contributed by atoms with E-state index in [2.05, 4.69) is 4.90 Å². The van der Waals surface area contributed by atoms with E-state index >= 15 is 0 Å². The quantitative estimate of drug-likeness (QED) is 0.819. The first kappa shape index (κ1) is 17.0. The van der Waals surface area contributed by atoms with Gasteiger partial charge in [-0.05, 0) is 32.8 Å². The zero-order valence-corrected chi connectivity index (χ0v) is 13.8. The minimum atomic E-state index is -0.441. The van der Waals surface area contributed by atoms with Crippen molar-refractivity contribution in [3.63, 3.8) is 0 Å². The number of furan rings is 1. The summed E-state index contributed by atoms with van der Waals surface area (Å²) in [6.07, 6.45) is 5.73. The fourth-order valence-electron chi connectivity index (χ4n) is 3.25. The van der Waals surface area contributed by atoms with Crippen molar-refractivity contribution in [3.05, 3.63) is 23.2 Å². The highest BCUT2D eigenvalue weighted by Crippen LogP contribution is 2.25. The van der Waals surface area contributed by atoms with E-state index < -0.39 is 5.97 Å². The summed E-state index contributed by atoms with van der Waals surface area (Å²) < 4.78 is 10.4. The number of aliphatic hydroxyl groups excluding tert-OH is 1. The first-order valence-electron chi connectivity index (χ1n) is 8.11. The van der Waals surface area contributed by atoms with Gasteiger partial charge < -0.3 is 14.3 Å². The normalized spacial score (nSPS) is 17.7. The van der Waals surface area contributed by atoms with Crippen molar-refractivity contribution in [2.24, 2.45) is 0 Å². The highest BCUT2D eigenvalue weighted by molar-refractivity contribution is 5.87. The highest BCUT2D eigenvalue weighted by atomic mass is 16.5. The number of ether oxygens (including phenoxy) is 1. The van der Waals surface area contributed by atoms with E-state index in [4.69, 9.17) is 9.15 Å². The van der Waals surface area contributed by atoms with Crippen molar-refractivity contribution in [2.45, 2.75) is 64.6 Å². The zero-order valence-electron chi connectivity index (χ0n) is 13.8. The predicted molar refractivity (Wildman–Crippen MR) is 83.7 cm³/mol. The lowest BCUT2D eigenvalue weighted by Crippen LogP contribution is -2.40. The predicted octanol–water partition coefficient (Wildman–Crippen LogP) is 2.89. The molecule has 22 heavy (non-hydrogen) atoms. The van der Waals surface area contributed by atoms with Crippen LogP contribution in [0.1, 0.15) is 60.9 Å². The smallest absolute Gasteiger partial charge is 0.374 e. The third-order valence-electron chi connectivity index (χ3n) is 4.29. The average molecular weight is 309 g/mol. The summed E-state index contributed by atoms with van der Waals surface area (Å²) in [5, 5.41) is 9.77. The lowest BCUT2D eigenvalue weighted by molar-refractivity contribution is 0.0545. The number of aryl methyl sites for hydroxylation is 1. The molecule has 1 heterocycles. The van der Waals surface area contributed by atoms with Crippen molar-refractivity contribution in [1.29, 1.82) is 0 Å². The van der Waals surface area contributed by atoms with Crippen LogP contribution in [0.3, 0.4) is 0 Å². The number of hydrogen-bond acceptors (Lipinski definition) is 5. The minimum absolute atomic E-state index is 0.276. The number of nitrogens with zero attached hydrogens (tertiary/aromatic N) is 1. The van der Waals surface area contributed by atoms with Crippen LogP contribution in [0.15, 0.2) is 10.5 Å². The van der Waals surface area contributed by atoms with Crippen molar-refractivity contribution in [1.82, 2.24) is 4.90 Å². The molecule has 0 aromatic carbocycles. The van der Waals surface area contributed by atoms with E-state index in [1.165, 1.54) is 26.4 Å². The van der Waals surface area contributed by atoms with Crippen LogP contribution < -0.4 is 0 Å². The van der Waals surface area contributed by atoms with E-state index in [9.17, 15) is 9.90 Å². The van der Waals surface area contributed by atoms with Crippen LogP contribution in [0.25, 0.3) is 0 Å². The molecule has 1 unspecified atom stereocenters. The Morgan fingerprint density at radius 3 is 2.73 bits per heavy atom. The van der Waals surface area contributed by atoms with Gasteiger partial charge in [0.2, 0.25) is 5.76 Å². The molecule has 1 aromatic rings. The van der Waals surface area contributed by atoms with E-state index in [0.717, 1.165) is 24.2 Å². The third kappa shape index (κ3) is 4.34. The molecular weight excluding hydrogens is 282 g/mol. The molecule has 1 aromatic heterocycles. The van der Waals surface area contributed by atoms with Gasteiger partial charge in [0.1, 0.15) is 5.76 Å². The zero-order chi connectivity index (χ0) is 16.1. The highest BCUT2D eigenvalue weighted by Gasteiger charge is 2.24. The number of aliphatic hydroxyl groups is 1. The lowest BCUT2D eigenvalue weighted by atomic mass is 9.94. The molecule has 1 N–H and O–H groups in total. The van der Waals surface area contributed by atoms with Crippen LogP contribution in [-0.4, -0.2) is 41.8 Å². The number of carbonyl (C=O) groups is 1. The van der Waals surface area contributed by atoms with Crippen molar-refractivity contribution >= 4 is 5.97 Å². The Kier molecular flexibility index (Phi) is 6.03. The van der Waals surface area contributed by atoms with Crippen LogP contribution in [-0.2, 0) is 11.3 Å². The molecular formula is C17H27NO4. The molecule has 0 amide bonds. The van der Waals surface area contributed by atoms with Gasteiger partial charge in [-0.3, -0.25) is 4.90 Å². The standard InChI is InChI=1S/C17H27NO4/c1-12-9-15(22-16(12)17(20)21-3)11-18(10-13(2)19)14-7-5-4-6-8-14/h9,13-14,19H,4-8,10-11H2,1-3H3. The largest absolute Gasteiger partial charge is 0.463 e. The van der Waals surface area contributed by atoms with Gasteiger partial charge in [0, 0.05) is 18.2 Å². The van der Waals surface area contributed by atoms with Gasteiger partial charge in [-0.1, -0.05) is 19.3 Å². The van der Waals surface area contributed by atoms with E-state index in [-0.39, 0.29) is 11.9 Å². The Labute approximate surface area is 132 Å². The van der Waals surface area contributed by atoms with Crippen LogP contribution in [0.2, 0.25) is 0 Å². The molecule has 5 nitrogen and oxygen atoms in total. The maximum Gasteiger partial charge on any atom is 0.374 e. The average Bonchev–Trinajstić information content (AvgIpc) is 2.87. The van der Waals surface area contributed by atoms with Crippen molar-refractivity contribution in [2.75, 3.05) is 13.7 Å². The summed E-state index contributed by atoms with van der Waals surface area (Å²) >= 11 is 0. The van der Waals surface area contributed by atoms with Gasteiger partial charge in [-0.25, -0.2) is 4.79 Å². The van der Waals surface area contributed by atoms with Gasteiger partial charge in [0.15, 0.2) is 0 Å². The van der Waals surface area contributed by atoms with E-state index in [1.54, 1.807) is 0 Å². The van der Waals surface area contributed by atoms with Gasteiger partial charge >= 0.3 is 5.97 Å². The van der Waals surface area contributed by atoms with Crippen molar-refractivity contribution in [3.8, 4) is 0 Å². The number of esters is 1. The maximum atomic E-state index is 11.6. The Morgan fingerprint density at radius 1 is 1.45 bits per heavy atom. The topological polar surface area (TPSA) is 62.9 Å². The SMILES string of the molecule is COC(=O)c1oc(CN(CC(C)O)C2CCCCC2)cc1C. The molecule has 0 spiro atoms. The molecule has 1 fully saturated rings. The molecule has 2 rings (SSSR count). The van der Waals surface area contributed by atoms with Gasteiger partial charge in [-0.2, -0.15) is 0 Å². The summed E-state index contributed by atoms with van der Waals surface area (Å²) in [7, 11) is 1.35. The van der Waals surface area contributed by atoms with Crippen LogP contribution in [0.4, 0.5) is 0 Å². The maximum absolute atomic E-state index is 11.6. The van der Waals surface area contributed by atoms with Crippen LogP contribution in [0.5, 0.6) is 0 Å². The van der Waals surface area contributed by atoms with Gasteiger partial charge in [-0.15, -0.1) is 0 Å². The summed E-state index contributed by atoms with van der Waals surface area (Å²) in [6.45, 7) is 4.90. The van der Waals surface area contributed by atoms with Crippen molar-refractivity contribution < 1.29 is 19.1 Å². The molecule has 1 aliphatic carbocycles. The second-order valence-electron chi connectivity index (χ2n) is 6.29. The second kappa shape index (κ2) is 7.79. The fraction of sp³-hybridized carbons (Fsp3) is 0.706. The number of carbonyl (C=O) groups excluding carboxylic acids is 1. The minimum Gasteiger partial charge on any atom is -0.463 e. The molecule has 1 aliphatic rings. The Hall–Kier alpha value is -1.33. The molecule has 1 saturated carbocycles. The molecule has 0 bridgehead atoms. The van der Waals surface area contributed by atoms with Gasteiger partial charge in [0.05, 0.1) is 19.8 Å². The number of methoxy groups -OCH3 is 1. The summed E-state index contributed by atoms with van der Waals surface area (Å²) in [6, 6.07) is 2.37. The molecule has 0 aliphatic heterocycles. The van der Waals surface area contributed by atoms with E-state index in [1.807, 2.05) is 19.9 Å². The summed E-state index contributed by atoms with van der Waals surface area (Å²) in [5.41, 5.74) is 0.794. The number of rotatable bonds is 6. The summed E-state index contributed by atoms with van der Waals surface area (Å²) in [5.74, 6) is 0.589. The molecule has 124 valence electrons. The first-order valence-corrected chi connectivity index (χ1v) is 8.11. The lowest BCUT2D eigenvalue weighted by Gasteiger charge is -2.34. The fourth-order valence-corrected chi connectivity index (χ4v) is 3.25. The molecule has 5 heteroatoms. The Bertz CT molecular complexity index is 489. The third-order valence-corrected chi connectivity index (χ3v) is 4.29. The van der Waals surface area contributed by atoms with Crippen LogP contribution in [0, 0.1) is 6.92 Å². The first-order chi connectivity index (χ1) is 10.5. The van der Waals surface area contributed by atoms with Crippen LogP contribution >= 0.6 is 0 Å². The monoisotopic (exact) mass is 309 g/mol. The summed E-state index contributed by atoms with van der Waals surface area (Å²) in [4.78, 5) is 13.9.